The lowest BCUT2D eigenvalue weighted by Crippen LogP contribution is -2.17. The summed E-state index contributed by atoms with van der Waals surface area (Å²) in [4.78, 5) is 0. The van der Waals surface area contributed by atoms with E-state index >= 15 is 0 Å². The van der Waals surface area contributed by atoms with Gasteiger partial charge in [-0.05, 0) is 37.0 Å². The zero-order valence-electron chi connectivity index (χ0n) is 12.8. The summed E-state index contributed by atoms with van der Waals surface area (Å²) in [5.41, 5.74) is 8.80. The van der Waals surface area contributed by atoms with Crippen molar-refractivity contribution >= 4 is 5.84 Å². The minimum absolute atomic E-state index is 0.0671. The molecule has 1 aromatic heterocycles. The topological polar surface area (TPSA) is 84.9 Å². The van der Waals surface area contributed by atoms with E-state index in [2.05, 4.69) is 24.0 Å². The van der Waals surface area contributed by atoms with Crippen LogP contribution in [0.2, 0.25) is 0 Å². The SMILES string of the molecule is Cc1nnc(Oc2ccccc2C(C)C)c(C(=N)N)c1C. The fourth-order valence-corrected chi connectivity index (χ4v) is 2.13. The molecule has 5 heteroatoms. The molecule has 0 radical (unpaired) electrons. The fourth-order valence-electron chi connectivity index (χ4n) is 2.13. The number of rotatable bonds is 4. The second-order valence-corrected chi connectivity index (χ2v) is 5.30. The summed E-state index contributed by atoms with van der Waals surface area (Å²) in [6, 6.07) is 7.78. The lowest BCUT2D eigenvalue weighted by molar-refractivity contribution is 0.444. The van der Waals surface area contributed by atoms with Crippen LogP contribution in [0.15, 0.2) is 24.3 Å². The molecule has 0 saturated heterocycles. The molecule has 5 nitrogen and oxygen atoms in total. The van der Waals surface area contributed by atoms with Gasteiger partial charge in [0.2, 0.25) is 5.88 Å². The van der Waals surface area contributed by atoms with E-state index in [1.807, 2.05) is 38.1 Å². The molecule has 2 rings (SSSR count). The minimum Gasteiger partial charge on any atom is -0.437 e. The van der Waals surface area contributed by atoms with Gasteiger partial charge >= 0.3 is 0 Å². The summed E-state index contributed by atoms with van der Waals surface area (Å²) < 4.78 is 5.90. The first-order chi connectivity index (χ1) is 9.91. The Morgan fingerprint density at radius 3 is 2.48 bits per heavy atom. The third kappa shape index (κ3) is 3.02. The standard InChI is InChI=1S/C16H20N4O/c1-9(2)12-7-5-6-8-13(12)21-16-14(15(17)18)10(3)11(4)19-20-16/h5-9H,1-4H3,(H3,17,18). The van der Waals surface area contributed by atoms with Crippen molar-refractivity contribution in [3.8, 4) is 11.6 Å². The van der Waals surface area contributed by atoms with Gasteiger partial charge in [0, 0.05) is 0 Å². The third-order valence-electron chi connectivity index (χ3n) is 3.44. The van der Waals surface area contributed by atoms with Gasteiger partial charge in [-0.3, -0.25) is 5.41 Å². The number of nitrogens with two attached hydrogens (primary N) is 1. The summed E-state index contributed by atoms with van der Waals surface area (Å²) in [6.07, 6.45) is 0. The number of aryl methyl sites for hydroxylation is 1. The predicted molar refractivity (Wildman–Crippen MR) is 83.1 cm³/mol. The molecule has 0 aliphatic rings. The van der Waals surface area contributed by atoms with E-state index in [0.29, 0.717) is 17.2 Å². The lowest BCUT2D eigenvalue weighted by atomic mass is 10.0. The molecular weight excluding hydrogens is 264 g/mol. The zero-order chi connectivity index (χ0) is 15.6. The Balaban J connectivity index is 2.50. The summed E-state index contributed by atoms with van der Waals surface area (Å²) in [5, 5.41) is 15.9. The molecule has 110 valence electrons. The second-order valence-electron chi connectivity index (χ2n) is 5.30. The van der Waals surface area contributed by atoms with Crippen LogP contribution in [-0.2, 0) is 0 Å². The number of nitrogens with one attached hydrogen (secondary N) is 1. The highest BCUT2D eigenvalue weighted by Gasteiger charge is 2.17. The van der Waals surface area contributed by atoms with E-state index in [4.69, 9.17) is 15.9 Å². The fraction of sp³-hybridized carbons (Fsp3) is 0.312. The monoisotopic (exact) mass is 284 g/mol. The Bertz CT molecular complexity index is 680. The molecule has 1 aromatic carbocycles. The van der Waals surface area contributed by atoms with Crippen LogP contribution in [0.1, 0.15) is 42.1 Å². The van der Waals surface area contributed by atoms with E-state index in [-0.39, 0.29) is 11.7 Å². The van der Waals surface area contributed by atoms with Crippen molar-refractivity contribution in [3.05, 3.63) is 46.6 Å². The van der Waals surface area contributed by atoms with Crippen LogP contribution < -0.4 is 10.5 Å². The molecule has 0 unspecified atom stereocenters. The van der Waals surface area contributed by atoms with Crippen molar-refractivity contribution in [1.29, 1.82) is 5.41 Å². The Labute approximate surface area is 124 Å². The third-order valence-corrected chi connectivity index (χ3v) is 3.44. The zero-order valence-corrected chi connectivity index (χ0v) is 12.8. The van der Waals surface area contributed by atoms with Gasteiger partial charge < -0.3 is 10.5 Å². The van der Waals surface area contributed by atoms with Crippen LogP contribution in [0.5, 0.6) is 11.6 Å². The van der Waals surface area contributed by atoms with Crippen molar-refractivity contribution < 1.29 is 4.74 Å². The maximum Gasteiger partial charge on any atom is 0.250 e. The van der Waals surface area contributed by atoms with Crippen LogP contribution in [0.3, 0.4) is 0 Å². The molecule has 0 spiro atoms. The quantitative estimate of drug-likeness (QED) is 0.666. The average Bonchev–Trinajstić information content (AvgIpc) is 2.43. The van der Waals surface area contributed by atoms with E-state index in [1.54, 1.807) is 0 Å². The highest BCUT2D eigenvalue weighted by atomic mass is 16.5. The molecule has 0 saturated carbocycles. The maximum atomic E-state index is 7.75. The lowest BCUT2D eigenvalue weighted by Gasteiger charge is -2.15. The van der Waals surface area contributed by atoms with E-state index in [0.717, 1.165) is 16.8 Å². The van der Waals surface area contributed by atoms with Crippen molar-refractivity contribution in [3.63, 3.8) is 0 Å². The molecule has 0 aliphatic heterocycles. The van der Waals surface area contributed by atoms with Crippen LogP contribution >= 0.6 is 0 Å². The molecule has 1 heterocycles. The summed E-state index contributed by atoms with van der Waals surface area (Å²) >= 11 is 0. The van der Waals surface area contributed by atoms with E-state index < -0.39 is 0 Å². The molecule has 21 heavy (non-hydrogen) atoms. The summed E-state index contributed by atoms with van der Waals surface area (Å²) in [6.45, 7) is 7.89. The van der Waals surface area contributed by atoms with Crippen molar-refractivity contribution in [2.45, 2.75) is 33.6 Å². The molecule has 0 aliphatic carbocycles. The van der Waals surface area contributed by atoms with Gasteiger partial charge in [0.05, 0.1) is 11.3 Å². The molecule has 2 aromatic rings. The minimum atomic E-state index is -0.0671. The van der Waals surface area contributed by atoms with Gasteiger partial charge in [-0.25, -0.2) is 0 Å². The van der Waals surface area contributed by atoms with Gasteiger partial charge in [-0.1, -0.05) is 32.0 Å². The molecular formula is C16H20N4O. The number of hydrogen-bond acceptors (Lipinski definition) is 4. The molecule has 3 N–H and O–H groups in total. The Morgan fingerprint density at radius 2 is 1.86 bits per heavy atom. The first-order valence-corrected chi connectivity index (χ1v) is 6.86. The van der Waals surface area contributed by atoms with Crippen LogP contribution in [-0.4, -0.2) is 16.0 Å². The number of hydrogen-bond donors (Lipinski definition) is 2. The van der Waals surface area contributed by atoms with Gasteiger partial charge in [-0.15, -0.1) is 5.10 Å². The van der Waals surface area contributed by atoms with E-state index in [1.165, 1.54) is 0 Å². The van der Waals surface area contributed by atoms with Crippen LogP contribution in [0, 0.1) is 19.3 Å². The average molecular weight is 284 g/mol. The number of aromatic nitrogens is 2. The molecule has 0 atom stereocenters. The summed E-state index contributed by atoms with van der Waals surface area (Å²) in [7, 11) is 0. The van der Waals surface area contributed by atoms with Crippen molar-refractivity contribution in [1.82, 2.24) is 10.2 Å². The van der Waals surface area contributed by atoms with Gasteiger partial charge in [0.1, 0.15) is 11.6 Å². The molecule has 0 amide bonds. The Morgan fingerprint density at radius 1 is 1.19 bits per heavy atom. The number of amidine groups is 1. The smallest absolute Gasteiger partial charge is 0.250 e. The second kappa shape index (κ2) is 5.91. The number of para-hydroxylation sites is 1. The van der Waals surface area contributed by atoms with Gasteiger partial charge in [0.15, 0.2) is 0 Å². The largest absolute Gasteiger partial charge is 0.437 e. The first kappa shape index (κ1) is 15.0. The van der Waals surface area contributed by atoms with Crippen LogP contribution in [0.4, 0.5) is 0 Å². The normalized spacial score (nSPS) is 10.7. The number of ether oxygens (including phenoxy) is 1. The maximum absolute atomic E-state index is 7.75. The highest BCUT2D eigenvalue weighted by molar-refractivity contribution is 5.98. The number of nitrogen functional groups attached to an aromatic ring is 1. The number of nitrogens with zero attached hydrogens (tertiary/aromatic N) is 2. The predicted octanol–water partition coefficient (Wildman–Crippen LogP) is 3.29. The van der Waals surface area contributed by atoms with Crippen molar-refractivity contribution in [2.24, 2.45) is 5.73 Å². The molecule has 0 bridgehead atoms. The first-order valence-electron chi connectivity index (χ1n) is 6.86. The van der Waals surface area contributed by atoms with Crippen molar-refractivity contribution in [2.75, 3.05) is 0 Å². The van der Waals surface area contributed by atoms with Gasteiger partial charge in [0.25, 0.3) is 0 Å². The Hall–Kier alpha value is -2.43. The number of benzene rings is 1. The Kier molecular flexibility index (Phi) is 4.21. The van der Waals surface area contributed by atoms with Crippen LogP contribution in [0.25, 0.3) is 0 Å². The van der Waals surface area contributed by atoms with E-state index in [9.17, 15) is 0 Å². The molecule has 0 fully saturated rings. The summed E-state index contributed by atoms with van der Waals surface area (Å²) in [5.74, 6) is 1.25. The highest BCUT2D eigenvalue weighted by Crippen LogP contribution is 2.31. The van der Waals surface area contributed by atoms with Gasteiger partial charge in [-0.2, -0.15) is 5.10 Å².